The summed E-state index contributed by atoms with van der Waals surface area (Å²) in [6, 6.07) is 8.86. The summed E-state index contributed by atoms with van der Waals surface area (Å²) in [6.07, 6.45) is 0. The van der Waals surface area contributed by atoms with Gasteiger partial charge >= 0.3 is 0 Å². The summed E-state index contributed by atoms with van der Waals surface area (Å²) in [5.74, 6) is -0.373. The molecular formula is C9H9N5S. The zero-order chi connectivity index (χ0) is 11.3. The highest BCUT2D eigenvalue weighted by molar-refractivity contribution is 7.80. The van der Waals surface area contributed by atoms with Gasteiger partial charge < -0.3 is 5.73 Å². The van der Waals surface area contributed by atoms with Crippen molar-refractivity contribution in [3.8, 4) is 6.07 Å². The second-order valence-electron chi connectivity index (χ2n) is 2.61. The maximum atomic E-state index is 8.58. The lowest BCUT2D eigenvalue weighted by atomic mass is 10.3. The Kier molecular flexibility index (Phi) is 3.71. The molecular weight excluding hydrogens is 210 g/mol. The standard InChI is InChI=1S/C9H9N5S/c10-5-7(9(11)12)14-13-6-3-1-2-4-8(6)15/h1-4,13,15H,(H3,11,12)/b14-7+. The van der Waals surface area contributed by atoms with Crippen LogP contribution in [-0.4, -0.2) is 11.5 Å². The van der Waals surface area contributed by atoms with Crippen LogP contribution in [0.2, 0.25) is 0 Å². The first kappa shape index (κ1) is 11.1. The zero-order valence-electron chi connectivity index (χ0n) is 7.73. The van der Waals surface area contributed by atoms with Crippen molar-refractivity contribution in [2.24, 2.45) is 10.8 Å². The summed E-state index contributed by atoms with van der Waals surface area (Å²) in [5, 5.41) is 19.3. The topological polar surface area (TPSA) is 98.0 Å². The fourth-order valence-corrected chi connectivity index (χ4v) is 1.04. The van der Waals surface area contributed by atoms with Gasteiger partial charge in [0, 0.05) is 4.90 Å². The predicted molar refractivity (Wildman–Crippen MR) is 62.3 cm³/mol. The van der Waals surface area contributed by atoms with Crippen molar-refractivity contribution in [3.05, 3.63) is 24.3 Å². The van der Waals surface area contributed by atoms with Crippen LogP contribution in [0.25, 0.3) is 0 Å². The minimum atomic E-state index is -0.373. The third kappa shape index (κ3) is 3.00. The molecule has 0 fully saturated rings. The second kappa shape index (κ2) is 5.02. The Bertz CT molecular complexity index is 446. The molecule has 0 aliphatic heterocycles. The monoisotopic (exact) mass is 219 g/mol. The highest BCUT2D eigenvalue weighted by atomic mass is 32.1. The number of amidine groups is 1. The molecule has 0 aliphatic carbocycles. The van der Waals surface area contributed by atoms with Gasteiger partial charge in [-0.2, -0.15) is 10.4 Å². The molecule has 0 aliphatic rings. The Labute approximate surface area is 92.5 Å². The van der Waals surface area contributed by atoms with Crippen molar-refractivity contribution in [1.82, 2.24) is 0 Å². The van der Waals surface area contributed by atoms with E-state index in [9.17, 15) is 0 Å². The van der Waals surface area contributed by atoms with Gasteiger partial charge in [-0.3, -0.25) is 10.8 Å². The van der Waals surface area contributed by atoms with Crippen molar-refractivity contribution < 1.29 is 0 Å². The lowest BCUT2D eigenvalue weighted by Gasteiger charge is -2.03. The van der Waals surface area contributed by atoms with E-state index in [2.05, 4.69) is 23.2 Å². The molecule has 5 nitrogen and oxygen atoms in total. The van der Waals surface area contributed by atoms with Crippen LogP contribution < -0.4 is 11.2 Å². The molecule has 1 aromatic carbocycles. The van der Waals surface area contributed by atoms with Crippen LogP contribution in [0.3, 0.4) is 0 Å². The van der Waals surface area contributed by atoms with Gasteiger partial charge in [-0.05, 0) is 12.1 Å². The molecule has 0 bridgehead atoms. The van der Waals surface area contributed by atoms with E-state index in [1.165, 1.54) is 0 Å². The third-order valence-electron chi connectivity index (χ3n) is 1.55. The molecule has 15 heavy (non-hydrogen) atoms. The number of para-hydroxylation sites is 1. The summed E-state index contributed by atoms with van der Waals surface area (Å²) in [4.78, 5) is 0.696. The van der Waals surface area contributed by atoms with Crippen molar-refractivity contribution in [2.45, 2.75) is 4.90 Å². The number of nitriles is 1. The fraction of sp³-hybridized carbons (Fsp3) is 0. The van der Waals surface area contributed by atoms with Crippen LogP contribution >= 0.6 is 12.6 Å². The number of rotatable bonds is 3. The maximum Gasteiger partial charge on any atom is 0.201 e. The Balaban J connectivity index is 2.85. The Morgan fingerprint density at radius 2 is 2.20 bits per heavy atom. The van der Waals surface area contributed by atoms with Crippen LogP contribution in [0.4, 0.5) is 5.69 Å². The third-order valence-corrected chi connectivity index (χ3v) is 1.94. The van der Waals surface area contributed by atoms with Crippen LogP contribution in [0.1, 0.15) is 0 Å². The number of nitrogens with zero attached hydrogens (tertiary/aromatic N) is 2. The van der Waals surface area contributed by atoms with Crippen LogP contribution in [0.15, 0.2) is 34.3 Å². The number of nitrogens with two attached hydrogens (primary N) is 1. The number of anilines is 1. The van der Waals surface area contributed by atoms with E-state index in [0.29, 0.717) is 10.6 Å². The first-order chi connectivity index (χ1) is 7.15. The molecule has 0 unspecified atom stereocenters. The van der Waals surface area contributed by atoms with Gasteiger partial charge in [0.15, 0.2) is 5.84 Å². The van der Waals surface area contributed by atoms with E-state index in [1.807, 2.05) is 6.07 Å². The Morgan fingerprint density at radius 1 is 1.53 bits per heavy atom. The van der Waals surface area contributed by atoms with Gasteiger partial charge in [0.25, 0.3) is 0 Å². The molecule has 0 atom stereocenters. The second-order valence-corrected chi connectivity index (χ2v) is 3.10. The van der Waals surface area contributed by atoms with Crippen LogP contribution in [-0.2, 0) is 0 Å². The Hall–Kier alpha value is -2.00. The van der Waals surface area contributed by atoms with Crippen molar-refractivity contribution >= 4 is 29.9 Å². The highest BCUT2D eigenvalue weighted by Gasteiger charge is 2.01. The predicted octanol–water partition coefficient (Wildman–Crippen LogP) is 1.20. The molecule has 6 heteroatoms. The van der Waals surface area contributed by atoms with Crippen LogP contribution in [0.5, 0.6) is 0 Å². The van der Waals surface area contributed by atoms with Gasteiger partial charge in [0.05, 0.1) is 5.69 Å². The first-order valence-electron chi connectivity index (χ1n) is 4.01. The summed E-state index contributed by atoms with van der Waals surface area (Å²) in [5.41, 5.74) is 8.22. The smallest absolute Gasteiger partial charge is 0.201 e. The maximum absolute atomic E-state index is 8.58. The van der Waals surface area contributed by atoms with E-state index >= 15 is 0 Å². The summed E-state index contributed by atoms with van der Waals surface area (Å²) < 4.78 is 0. The summed E-state index contributed by atoms with van der Waals surface area (Å²) >= 11 is 4.18. The number of benzene rings is 1. The molecule has 0 aromatic heterocycles. The lowest BCUT2D eigenvalue weighted by molar-refractivity contribution is 1.29. The van der Waals surface area contributed by atoms with Crippen molar-refractivity contribution in [1.29, 1.82) is 10.7 Å². The largest absolute Gasteiger partial charge is 0.382 e. The Morgan fingerprint density at radius 3 is 2.73 bits per heavy atom. The molecule has 1 aromatic rings. The minimum absolute atomic E-state index is 0.161. The molecule has 0 radical (unpaired) electrons. The van der Waals surface area contributed by atoms with E-state index in [-0.39, 0.29) is 11.5 Å². The van der Waals surface area contributed by atoms with E-state index in [1.54, 1.807) is 24.3 Å². The molecule has 4 N–H and O–H groups in total. The molecule has 0 saturated carbocycles. The molecule has 0 heterocycles. The molecule has 0 amide bonds. The number of nitrogens with one attached hydrogen (secondary N) is 2. The number of thiol groups is 1. The summed E-state index contributed by atoms with van der Waals surface area (Å²) in [6.45, 7) is 0. The number of hydrogen-bond donors (Lipinski definition) is 4. The van der Waals surface area contributed by atoms with Gasteiger partial charge in [0.2, 0.25) is 5.71 Å². The molecule has 0 spiro atoms. The number of hydrazone groups is 1. The van der Waals surface area contributed by atoms with Gasteiger partial charge in [0.1, 0.15) is 6.07 Å². The van der Waals surface area contributed by atoms with Crippen molar-refractivity contribution in [3.63, 3.8) is 0 Å². The first-order valence-corrected chi connectivity index (χ1v) is 4.46. The SMILES string of the molecule is N#C/C(=N\Nc1ccccc1S)C(=N)N. The average Bonchev–Trinajstić information content (AvgIpc) is 2.21. The highest BCUT2D eigenvalue weighted by Crippen LogP contribution is 2.18. The number of hydrogen-bond acceptors (Lipinski definition) is 5. The van der Waals surface area contributed by atoms with Crippen molar-refractivity contribution in [2.75, 3.05) is 5.43 Å². The van der Waals surface area contributed by atoms with Gasteiger partial charge in [-0.25, -0.2) is 0 Å². The van der Waals surface area contributed by atoms with Crippen LogP contribution in [0, 0.1) is 16.7 Å². The van der Waals surface area contributed by atoms with Gasteiger partial charge in [-0.1, -0.05) is 12.1 Å². The average molecular weight is 219 g/mol. The van der Waals surface area contributed by atoms with E-state index in [4.69, 9.17) is 16.4 Å². The normalized spacial score (nSPS) is 10.5. The van der Waals surface area contributed by atoms with E-state index < -0.39 is 0 Å². The van der Waals surface area contributed by atoms with E-state index in [0.717, 1.165) is 0 Å². The molecule has 1 rings (SSSR count). The van der Waals surface area contributed by atoms with Gasteiger partial charge in [-0.15, -0.1) is 12.6 Å². The summed E-state index contributed by atoms with van der Waals surface area (Å²) in [7, 11) is 0. The molecule has 0 saturated heterocycles. The minimum Gasteiger partial charge on any atom is -0.382 e. The zero-order valence-corrected chi connectivity index (χ0v) is 8.62. The molecule has 76 valence electrons. The quantitative estimate of drug-likeness (QED) is 0.266. The lowest BCUT2D eigenvalue weighted by Crippen LogP contribution is -2.21. The fourth-order valence-electron chi connectivity index (χ4n) is 0.830.